The van der Waals surface area contributed by atoms with Crippen LogP contribution in [-0.2, 0) is 4.79 Å². The molecule has 1 N–H and O–H groups in total. The maximum Gasteiger partial charge on any atom is 0.155 e. The van der Waals surface area contributed by atoms with Crippen molar-refractivity contribution in [3.05, 3.63) is 23.3 Å². The minimum atomic E-state index is -0.139. The van der Waals surface area contributed by atoms with Crippen molar-refractivity contribution in [2.24, 2.45) is 0 Å². The van der Waals surface area contributed by atoms with Gasteiger partial charge >= 0.3 is 0 Å². The van der Waals surface area contributed by atoms with Crippen LogP contribution >= 0.6 is 0 Å². The Morgan fingerprint density at radius 2 is 1.93 bits per heavy atom. The summed E-state index contributed by atoms with van der Waals surface area (Å²) in [6, 6.07) is 0. The summed E-state index contributed by atoms with van der Waals surface area (Å²) < 4.78 is 0. The molecule has 2 rings (SSSR count). The van der Waals surface area contributed by atoms with Crippen molar-refractivity contribution in [3.8, 4) is 0 Å². The highest BCUT2D eigenvalue weighted by atomic mass is 16.3. The Morgan fingerprint density at radius 3 is 2.07 bits per heavy atom. The Balaban J connectivity index is 0.000000140. The quantitative estimate of drug-likeness (QED) is 0.601. The first-order valence-corrected chi connectivity index (χ1v) is 5.13. The number of carbonyl (C=O) groups excluding carboxylic acids is 1. The Labute approximate surface area is 85.3 Å². The molecule has 0 saturated carbocycles. The lowest BCUT2D eigenvalue weighted by molar-refractivity contribution is -0.114. The molecule has 0 bridgehead atoms. The van der Waals surface area contributed by atoms with Gasteiger partial charge in [0.05, 0.1) is 6.10 Å². The van der Waals surface area contributed by atoms with Crippen LogP contribution in [0.1, 0.15) is 39.5 Å². The van der Waals surface area contributed by atoms with Crippen molar-refractivity contribution >= 4 is 5.78 Å². The van der Waals surface area contributed by atoms with Crippen LogP contribution in [0.5, 0.6) is 0 Å². The number of rotatable bonds is 0. The van der Waals surface area contributed by atoms with E-state index in [1.54, 1.807) is 6.08 Å². The average molecular weight is 194 g/mol. The van der Waals surface area contributed by atoms with Gasteiger partial charge in [-0.15, -0.1) is 0 Å². The third-order valence-corrected chi connectivity index (χ3v) is 2.48. The van der Waals surface area contributed by atoms with Gasteiger partial charge in [0.2, 0.25) is 0 Å². The molecule has 0 fully saturated rings. The van der Waals surface area contributed by atoms with Crippen LogP contribution in [0.15, 0.2) is 23.3 Å². The zero-order valence-electron chi connectivity index (χ0n) is 8.92. The van der Waals surface area contributed by atoms with Crippen molar-refractivity contribution in [2.75, 3.05) is 0 Å². The van der Waals surface area contributed by atoms with Crippen LogP contribution in [-0.4, -0.2) is 17.0 Å². The predicted molar refractivity (Wildman–Crippen MR) is 57.0 cm³/mol. The number of aliphatic hydroxyl groups is 1. The van der Waals surface area contributed by atoms with E-state index in [4.69, 9.17) is 5.11 Å². The van der Waals surface area contributed by atoms with E-state index < -0.39 is 0 Å². The number of aliphatic hydroxyl groups excluding tert-OH is 1. The lowest BCUT2D eigenvalue weighted by Crippen LogP contribution is -1.93. The monoisotopic (exact) mass is 194 g/mol. The predicted octanol–water partition coefficient (Wildman–Crippen LogP) is 2.38. The number of ketones is 1. The first-order valence-electron chi connectivity index (χ1n) is 5.13. The summed E-state index contributed by atoms with van der Waals surface area (Å²) in [6.45, 7) is 4.04. The van der Waals surface area contributed by atoms with Gasteiger partial charge in [-0.2, -0.15) is 0 Å². The number of allylic oxidation sites excluding steroid dienone is 3. The van der Waals surface area contributed by atoms with Crippen molar-refractivity contribution in [2.45, 2.75) is 45.6 Å². The summed E-state index contributed by atoms with van der Waals surface area (Å²) in [6.07, 6.45) is 7.25. The Hall–Kier alpha value is -0.890. The molecule has 0 aromatic rings. The van der Waals surface area contributed by atoms with Gasteiger partial charge < -0.3 is 5.11 Å². The molecule has 14 heavy (non-hydrogen) atoms. The fraction of sp³-hybridized carbons (Fsp3) is 0.583. The fourth-order valence-electron chi connectivity index (χ4n) is 1.61. The molecular weight excluding hydrogens is 176 g/mol. The SMILES string of the molecule is CC1=CC(=O)CC1.CC1=C[C@@H](O)CC1. The Morgan fingerprint density at radius 1 is 1.21 bits per heavy atom. The van der Waals surface area contributed by atoms with E-state index in [1.165, 1.54) is 11.1 Å². The summed E-state index contributed by atoms with van der Waals surface area (Å²) >= 11 is 0. The fourth-order valence-corrected chi connectivity index (χ4v) is 1.61. The van der Waals surface area contributed by atoms with Crippen LogP contribution in [0.2, 0.25) is 0 Å². The highest BCUT2D eigenvalue weighted by Gasteiger charge is 2.07. The van der Waals surface area contributed by atoms with E-state index in [2.05, 4.69) is 6.92 Å². The third-order valence-electron chi connectivity index (χ3n) is 2.48. The molecule has 0 radical (unpaired) electrons. The summed E-state index contributed by atoms with van der Waals surface area (Å²) in [7, 11) is 0. The third kappa shape index (κ3) is 3.88. The normalized spacial score (nSPS) is 25.4. The maximum absolute atomic E-state index is 10.4. The zero-order valence-corrected chi connectivity index (χ0v) is 8.92. The molecule has 0 heterocycles. The summed E-state index contributed by atoms with van der Waals surface area (Å²) in [5, 5.41) is 8.82. The standard InChI is InChI=1S/C6H10O.C6H8O/c2*1-5-2-3-6(7)4-5/h4,6-7H,2-3H2,1H3;4H,2-3H2,1H3/t6-;/m0./s1. The second-order valence-electron chi connectivity index (χ2n) is 4.08. The van der Waals surface area contributed by atoms with Crippen LogP contribution in [0.3, 0.4) is 0 Å². The van der Waals surface area contributed by atoms with Crippen LogP contribution in [0.25, 0.3) is 0 Å². The number of carbonyl (C=O) groups is 1. The lowest BCUT2D eigenvalue weighted by atomic mass is 10.3. The van der Waals surface area contributed by atoms with Gasteiger partial charge in [0.25, 0.3) is 0 Å². The van der Waals surface area contributed by atoms with E-state index in [9.17, 15) is 4.79 Å². The average Bonchev–Trinajstić information content (AvgIpc) is 2.63. The van der Waals surface area contributed by atoms with Crippen LogP contribution in [0, 0.1) is 0 Å². The van der Waals surface area contributed by atoms with Gasteiger partial charge in [0, 0.05) is 6.42 Å². The number of hydrogen-bond acceptors (Lipinski definition) is 2. The van der Waals surface area contributed by atoms with Gasteiger partial charge in [-0.3, -0.25) is 4.79 Å². The van der Waals surface area contributed by atoms with E-state index >= 15 is 0 Å². The molecule has 0 aliphatic heterocycles. The first kappa shape index (κ1) is 11.2. The van der Waals surface area contributed by atoms with Crippen molar-refractivity contribution in [3.63, 3.8) is 0 Å². The topological polar surface area (TPSA) is 37.3 Å². The lowest BCUT2D eigenvalue weighted by Gasteiger charge is -1.89. The zero-order chi connectivity index (χ0) is 10.6. The molecule has 2 aliphatic rings. The maximum atomic E-state index is 10.4. The largest absolute Gasteiger partial charge is 0.389 e. The summed E-state index contributed by atoms with van der Waals surface area (Å²) in [5.74, 6) is 0.289. The minimum absolute atomic E-state index is 0.139. The highest BCUT2D eigenvalue weighted by Crippen LogP contribution is 2.16. The molecule has 2 aliphatic carbocycles. The molecule has 78 valence electrons. The van der Waals surface area contributed by atoms with Gasteiger partial charge in [-0.25, -0.2) is 0 Å². The van der Waals surface area contributed by atoms with E-state index in [0.29, 0.717) is 0 Å². The Kier molecular flexibility index (Phi) is 4.08. The highest BCUT2D eigenvalue weighted by molar-refractivity contribution is 5.92. The molecule has 1 atom stereocenters. The molecule has 0 aromatic carbocycles. The summed E-state index contributed by atoms with van der Waals surface area (Å²) in [5.41, 5.74) is 2.55. The van der Waals surface area contributed by atoms with Gasteiger partial charge in [-0.05, 0) is 39.2 Å². The van der Waals surface area contributed by atoms with Crippen molar-refractivity contribution in [1.29, 1.82) is 0 Å². The van der Waals surface area contributed by atoms with Gasteiger partial charge in [-0.1, -0.05) is 17.2 Å². The molecular formula is C12H18O2. The molecule has 0 unspecified atom stereocenters. The molecule has 0 aromatic heterocycles. The van der Waals surface area contributed by atoms with E-state index in [0.717, 1.165) is 25.7 Å². The number of hydrogen-bond donors (Lipinski definition) is 1. The van der Waals surface area contributed by atoms with Gasteiger partial charge in [0.1, 0.15) is 0 Å². The summed E-state index contributed by atoms with van der Waals surface area (Å²) in [4.78, 5) is 10.4. The smallest absolute Gasteiger partial charge is 0.155 e. The Bertz CT molecular complexity index is 274. The molecule has 0 amide bonds. The molecule has 0 spiro atoms. The van der Waals surface area contributed by atoms with Crippen LogP contribution in [0.4, 0.5) is 0 Å². The second kappa shape index (κ2) is 5.11. The minimum Gasteiger partial charge on any atom is -0.389 e. The van der Waals surface area contributed by atoms with E-state index in [1.807, 2.05) is 13.0 Å². The van der Waals surface area contributed by atoms with Crippen molar-refractivity contribution < 1.29 is 9.90 Å². The second-order valence-corrected chi connectivity index (χ2v) is 4.08. The van der Waals surface area contributed by atoms with E-state index in [-0.39, 0.29) is 11.9 Å². The molecule has 0 saturated heterocycles. The van der Waals surface area contributed by atoms with Gasteiger partial charge in [0.15, 0.2) is 5.78 Å². The first-order chi connectivity index (χ1) is 6.58. The molecule has 2 nitrogen and oxygen atoms in total. The molecule has 2 heteroatoms. The van der Waals surface area contributed by atoms with Crippen LogP contribution < -0.4 is 0 Å². The van der Waals surface area contributed by atoms with Crippen molar-refractivity contribution in [1.82, 2.24) is 0 Å².